The van der Waals surface area contributed by atoms with E-state index in [-0.39, 0.29) is 5.75 Å². The van der Waals surface area contributed by atoms with Crippen molar-refractivity contribution >= 4 is 23.1 Å². The van der Waals surface area contributed by atoms with Gasteiger partial charge >= 0.3 is 0 Å². The topological polar surface area (TPSA) is 62.4 Å². The fourth-order valence-corrected chi connectivity index (χ4v) is 1.98. The predicted molar refractivity (Wildman–Crippen MR) is 73.3 cm³/mol. The number of nitrogens with zero attached hydrogens (tertiary/aromatic N) is 2. The molecule has 0 radical (unpaired) electrons. The number of aromatic hydroxyl groups is 1. The third-order valence-electron chi connectivity index (χ3n) is 2.73. The maximum absolute atomic E-state index is 9.27. The van der Waals surface area contributed by atoms with E-state index in [2.05, 4.69) is 4.98 Å². The summed E-state index contributed by atoms with van der Waals surface area (Å²) in [4.78, 5) is 6.11. The molecule has 0 unspecified atom stereocenters. The van der Waals surface area contributed by atoms with Crippen molar-refractivity contribution in [3.05, 3.63) is 47.1 Å². The highest BCUT2D eigenvalue weighted by Crippen LogP contribution is 2.31. The van der Waals surface area contributed by atoms with E-state index < -0.39 is 0 Å². The molecule has 0 aliphatic heterocycles. The fraction of sp³-hybridized carbons (Fsp3) is 0.154. The van der Waals surface area contributed by atoms with Crippen LogP contribution in [0.4, 0.5) is 11.5 Å². The van der Waals surface area contributed by atoms with Gasteiger partial charge in [-0.25, -0.2) is 4.98 Å². The average Bonchev–Trinajstić information content (AvgIpc) is 2.39. The Labute approximate surface area is 111 Å². The lowest BCUT2D eigenvalue weighted by atomic mass is 10.2. The first kappa shape index (κ1) is 12.7. The molecular weight excluding hydrogens is 250 g/mol. The molecule has 1 aromatic heterocycles. The molecule has 1 heterocycles. The third kappa shape index (κ3) is 2.39. The van der Waals surface area contributed by atoms with E-state index in [1.807, 2.05) is 11.9 Å². The first-order valence-electron chi connectivity index (χ1n) is 5.49. The third-order valence-corrected chi connectivity index (χ3v) is 3.14. The fourth-order valence-electron chi connectivity index (χ4n) is 1.66. The maximum Gasteiger partial charge on any atom is 0.151 e. The van der Waals surface area contributed by atoms with Gasteiger partial charge in [0, 0.05) is 25.5 Å². The van der Waals surface area contributed by atoms with Gasteiger partial charge in [0.25, 0.3) is 0 Å². The lowest BCUT2D eigenvalue weighted by molar-refractivity contribution is 0.475. The van der Waals surface area contributed by atoms with Gasteiger partial charge in [-0.15, -0.1) is 0 Å². The Hall–Kier alpha value is -1.78. The van der Waals surface area contributed by atoms with Crippen molar-refractivity contribution in [3.63, 3.8) is 0 Å². The number of nitrogens with two attached hydrogens (primary N) is 1. The van der Waals surface area contributed by atoms with Crippen LogP contribution in [-0.4, -0.2) is 17.1 Å². The van der Waals surface area contributed by atoms with Crippen LogP contribution in [0.25, 0.3) is 0 Å². The number of rotatable bonds is 3. The van der Waals surface area contributed by atoms with Crippen LogP contribution in [0.3, 0.4) is 0 Å². The zero-order valence-corrected chi connectivity index (χ0v) is 10.7. The number of halogens is 1. The molecule has 3 N–H and O–H groups in total. The Morgan fingerprint density at radius 1 is 1.28 bits per heavy atom. The molecule has 2 rings (SSSR count). The first-order chi connectivity index (χ1) is 8.63. The Bertz CT molecular complexity index is 542. The zero-order chi connectivity index (χ0) is 13.1. The molecule has 0 aliphatic carbocycles. The second kappa shape index (κ2) is 5.25. The quantitative estimate of drug-likeness (QED) is 0.894. The zero-order valence-electron chi connectivity index (χ0n) is 9.97. The summed E-state index contributed by atoms with van der Waals surface area (Å²) in [6.45, 7) is 0.373. The van der Waals surface area contributed by atoms with E-state index >= 15 is 0 Å². The molecule has 1 aromatic carbocycles. The van der Waals surface area contributed by atoms with E-state index in [4.69, 9.17) is 17.3 Å². The SMILES string of the molecule is CN(c1ccc(O)cc1)c1nccc(CN)c1Cl. The number of hydrogen-bond donors (Lipinski definition) is 2. The molecule has 0 aliphatic rings. The van der Waals surface area contributed by atoms with Gasteiger partial charge in [0.05, 0.1) is 5.02 Å². The molecule has 2 aromatic rings. The van der Waals surface area contributed by atoms with Crippen molar-refractivity contribution in [1.82, 2.24) is 4.98 Å². The highest BCUT2D eigenvalue weighted by Gasteiger charge is 2.12. The highest BCUT2D eigenvalue weighted by molar-refractivity contribution is 6.33. The van der Waals surface area contributed by atoms with Crippen LogP contribution >= 0.6 is 11.6 Å². The number of anilines is 2. The standard InChI is InChI=1S/C13H14ClN3O/c1-17(10-2-4-11(18)5-3-10)13-12(14)9(8-15)6-7-16-13/h2-7,18H,8,15H2,1H3. The minimum Gasteiger partial charge on any atom is -0.508 e. The highest BCUT2D eigenvalue weighted by atomic mass is 35.5. The van der Waals surface area contributed by atoms with Crippen molar-refractivity contribution in [2.75, 3.05) is 11.9 Å². The molecule has 0 atom stereocenters. The number of hydrogen-bond acceptors (Lipinski definition) is 4. The molecule has 18 heavy (non-hydrogen) atoms. The van der Waals surface area contributed by atoms with Crippen LogP contribution in [-0.2, 0) is 6.54 Å². The van der Waals surface area contributed by atoms with Crippen molar-refractivity contribution < 1.29 is 5.11 Å². The molecule has 0 fully saturated rings. The Morgan fingerprint density at radius 2 is 1.94 bits per heavy atom. The Morgan fingerprint density at radius 3 is 2.56 bits per heavy atom. The van der Waals surface area contributed by atoms with E-state index in [0.717, 1.165) is 11.3 Å². The van der Waals surface area contributed by atoms with Gasteiger partial charge in [-0.3, -0.25) is 0 Å². The smallest absolute Gasteiger partial charge is 0.151 e. The molecule has 0 saturated heterocycles. The number of benzene rings is 1. The normalized spacial score (nSPS) is 10.4. The van der Waals surface area contributed by atoms with Gasteiger partial charge in [-0.05, 0) is 35.9 Å². The lowest BCUT2D eigenvalue weighted by Gasteiger charge is -2.20. The number of phenolic OH excluding ortho intramolecular Hbond substituents is 1. The molecule has 94 valence electrons. The summed E-state index contributed by atoms with van der Waals surface area (Å²) < 4.78 is 0. The van der Waals surface area contributed by atoms with Crippen LogP contribution < -0.4 is 10.6 Å². The van der Waals surface area contributed by atoms with E-state index in [1.165, 1.54) is 0 Å². The molecule has 0 bridgehead atoms. The summed E-state index contributed by atoms with van der Waals surface area (Å²) in [5, 5.41) is 9.82. The van der Waals surface area contributed by atoms with Crippen LogP contribution in [0.5, 0.6) is 5.75 Å². The van der Waals surface area contributed by atoms with E-state index in [1.54, 1.807) is 36.5 Å². The van der Waals surface area contributed by atoms with Crippen molar-refractivity contribution in [2.45, 2.75) is 6.54 Å². The predicted octanol–water partition coefficient (Wildman–Crippen LogP) is 2.67. The number of aromatic nitrogens is 1. The maximum atomic E-state index is 9.27. The van der Waals surface area contributed by atoms with Gasteiger partial charge in [0.2, 0.25) is 0 Å². The lowest BCUT2D eigenvalue weighted by Crippen LogP contribution is -2.13. The van der Waals surface area contributed by atoms with Crippen LogP contribution in [0.15, 0.2) is 36.5 Å². The van der Waals surface area contributed by atoms with Gasteiger partial charge in [0.15, 0.2) is 5.82 Å². The van der Waals surface area contributed by atoms with Gasteiger partial charge < -0.3 is 15.7 Å². The second-order valence-corrected chi connectivity index (χ2v) is 4.27. The molecular formula is C13H14ClN3O. The molecule has 0 spiro atoms. The second-order valence-electron chi connectivity index (χ2n) is 3.89. The van der Waals surface area contributed by atoms with Crippen LogP contribution in [0.2, 0.25) is 5.02 Å². The van der Waals surface area contributed by atoms with Gasteiger partial charge in [0.1, 0.15) is 5.75 Å². The summed E-state index contributed by atoms with van der Waals surface area (Å²) in [5.74, 6) is 0.868. The first-order valence-corrected chi connectivity index (χ1v) is 5.87. The van der Waals surface area contributed by atoms with E-state index in [9.17, 15) is 5.11 Å². The number of phenols is 1. The minimum absolute atomic E-state index is 0.224. The monoisotopic (exact) mass is 263 g/mol. The Balaban J connectivity index is 2.39. The van der Waals surface area contributed by atoms with Crippen molar-refractivity contribution in [2.24, 2.45) is 5.73 Å². The molecule has 5 heteroatoms. The largest absolute Gasteiger partial charge is 0.508 e. The van der Waals surface area contributed by atoms with Crippen molar-refractivity contribution in [1.29, 1.82) is 0 Å². The molecule has 0 saturated carbocycles. The van der Waals surface area contributed by atoms with Crippen molar-refractivity contribution in [3.8, 4) is 5.75 Å². The van der Waals surface area contributed by atoms with Crippen LogP contribution in [0.1, 0.15) is 5.56 Å². The number of pyridine rings is 1. The molecule has 0 amide bonds. The summed E-state index contributed by atoms with van der Waals surface area (Å²) in [7, 11) is 1.86. The Kier molecular flexibility index (Phi) is 3.69. The summed E-state index contributed by atoms with van der Waals surface area (Å²) in [6.07, 6.45) is 1.68. The average molecular weight is 264 g/mol. The summed E-state index contributed by atoms with van der Waals surface area (Å²) in [6, 6.07) is 8.63. The van der Waals surface area contributed by atoms with Gasteiger partial charge in [-0.2, -0.15) is 0 Å². The minimum atomic E-state index is 0.224. The summed E-state index contributed by atoms with van der Waals surface area (Å²) >= 11 is 6.25. The molecule has 4 nitrogen and oxygen atoms in total. The van der Waals surface area contributed by atoms with Gasteiger partial charge in [-0.1, -0.05) is 11.6 Å². The van der Waals surface area contributed by atoms with E-state index in [0.29, 0.717) is 17.4 Å². The van der Waals surface area contributed by atoms with Crippen LogP contribution in [0, 0.1) is 0 Å². The summed E-state index contributed by atoms with van der Waals surface area (Å²) in [5.41, 5.74) is 7.35.